The Balaban J connectivity index is 1.57. The molecule has 0 saturated heterocycles. The van der Waals surface area contributed by atoms with Crippen molar-refractivity contribution in [3.63, 3.8) is 0 Å². The van der Waals surface area contributed by atoms with Crippen LogP contribution in [0.5, 0.6) is 11.5 Å². The lowest BCUT2D eigenvalue weighted by atomic mass is 10.2. The molecule has 0 radical (unpaired) electrons. The predicted octanol–water partition coefficient (Wildman–Crippen LogP) is 6.55. The standard InChI is InChI=1S/C22H14Cl4N6O2/c23-13-5-11(19(33)17(25)7-13)9-27-29-21-15-3-1-2-4-16(15)22(32-31-21)30-28-10-12-6-14(24)8-18(26)20(12)34/h1-10,33-34H,(H,29,31)(H,30,32)/b27-9-,28-10+. The molecular formula is C22H14Cl4N6O2. The Hall–Kier alpha value is -3.30. The summed E-state index contributed by atoms with van der Waals surface area (Å²) < 4.78 is 0. The zero-order valence-electron chi connectivity index (χ0n) is 17.0. The molecule has 4 N–H and O–H groups in total. The first-order valence-corrected chi connectivity index (χ1v) is 11.0. The van der Waals surface area contributed by atoms with Crippen molar-refractivity contribution >= 4 is 81.2 Å². The Morgan fingerprint density at radius 1 is 0.676 bits per heavy atom. The highest BCUT2D eigenvalue weighted by atomic mass is 35.5. The second-order valence-electron chi connectivity index (χ2n) is 6.83. The monoisotopic (exact) mass is 534 g/mol. The molecule has 34 heavy (non-hydrogen) atoms. The topological polar surface area (TPSA) is 115 Å². The Kier molecular flexibility index (Phi) is 7.23. The van der Waals surface area contributed by atoms with Crippen molar-refractivity contribution in [2.24, 2.45) is 10.2 Å². The number of halogens is 4. The third-order valence-corrected chi connectivity index (χ3v) is 5.56. The summed E-state index contributed by atoms with van der Waals surface area (Å²) in [6.07, 6.45) is 2.73. The first kappa shape index (κ1) is 23.8. The van der Waals surface area contributed by atoms with E-state index in [0.29, 0.717) is 43.6 Å². The summed E-state index contributed by atoms with van der Waals surface area (Å²) in [5.74, 6) is 0.454. The zero-order chi connectivity index (χ0) is 24.2. The van der Waals surface area contributed by atoms with Crippen LogP contribution in [0.3, 0.4) is 0 Å². The molecule has 12 heteroatoms. The van der Waals surface area contributed by atoms with E-state index < -0.39 is 0 Å². The summed E-state index contributed by atoms with van der Waals surface area (Å²) >= 11 is 23.8. The summed E-state index contributed by atoms with van der Waals surface area (Å²) in [5.41, 5.74) is 6.27. The van der Waals surface area contributed by atoms with Crippen LogP contribution >= 0.6 is 46.4 Å². The highest BCUT2D eigenvalue weighted by Gasteiger charge is 2.10. The van der Waals surface area contributed by atoms with Gasteiger partial charge in [-0.15, -0.1) is 10.2 Å². The molecule has 0 amide bonds. The van der Waals surface area contributed by atoms with Crippen LogP contribution in [-0.2, 0) is 0 Å². The summed E-state index contributed by atoms with van der Waals surface area (Å²) in [6.45, 7) is 0. The van der Waals surface area contributed by atoms with Gasteiger partial charge in [0.15, 0.2) is 11.6 Å². The van der Waals surface area contributed by atoms with Gasteiger partial charge in [0.05, 0.1) is 22.5 Å². The highest BCUT2D eigenvalue weighted by molar-refractivity contribution is 6.36. The molecule has 0 atom stereocenters. The maximum absolute atomic E-state index is 10.1. The molecule has 0 aliphatic carbocycles. The van der Waals surface area contributed by atoms with E-state index in [1.165, 1.54) is 36.7 Å². The average Bonchev–Trinajstić information content (AvgIpc) is 2.81. The normalized spacial score (nSPS) is 11.5. The molecule has 0 aliphatic heterocycles. The maximum Gasteiger partial charge on any atom is 0.176 e. The zero-order valence-corrected chi connectivity index (χ0v) is 20.0. The number of hydrazone groups is 2. The van der Waals surface area contributed by atoms with Crippen molar-refractivity contribution in [1.82, 2.24) is 10.2 Å². The molecule has 3 aromatic carbocycles. The first-order chi connectivity index (χ1) is 16.3. The minimum Gasteiger partial charge on any atom is -0.506 e. The van der Waals surface area contributed by atoms with Gasteiger partial charge in [-0.1, -0.05) is 70.7 Å². The lowest BCUT2D eigenvalue weighted by molar-refractivity contribution is 0.474. The van der Waals surface area contributed by atoms with Gasteiger partial charge in [0.1, 0.15) is 11.5 Å². The average molecular weight is 536 g/mol. The lowest BCUT2D eigenvalue weighted by Gasteiger charge is -2.08. The van der Waals surface area contributed by atoms with Gasteiger partial charge in [-0.3, -0.25) is 10.9 Å². The van der Waals surface area contributed by atoms with Gasteiger partial charge < -0.3 is 10.2 Å². The van der Waals surface area contributed by atoms with Crippen molar-refractivity contribution < 1.29 is 10.2 Å². The molecule has 8 nitrogen and oxygen atoms in total. The molecule has 0 unspecified atom stereocenters. The van der Waals surface area contributed by atoms with E-state index in [0.717, 1.165) is 0 Å². The number of nitrogens with zero attached hydrogens (tertiary/aromatic N) is 4. The molecule has 0 spiro atoms. The van der Waals surface area contributed by atoms with E-state index in [2.05, 4.69) is 31.3 Å². The number of benzene rings is 3. The number of hydrogen-bond donors (Lipinski definition) is 4. The van der Waals surface area contributed by atoms with Gasteiger partial charge in [0.2, 0.25) is 0 Å². The fourth-order valence-electron chi connectivity index (χ4n) is 2.96. The van der Waals surface area contributed by atoms with Gasteiger partial charge in [-0.25, -0.2) is 0 Å². The number of rotatable bonds is 6. The van der Waals surface area contributed by atoms with E-state index in [4.69, 9.17) is 46.4 Å². The van der Waals surface area contributed by atoms with Crippen LogP contribution in [0.15, 0.2) is 58.7 Å². The Morgan fingerprint density at radius 3 is 1.50 bits per heavy atom. The van der Waals surface area contributed by atoms with Crippen LogP contribution in [0.4, 0.5) is 11.6 Å². The number of aromatic hydroxyl groups is 2. The molecule has 0 aliphatic rings. The van der Waals surface area contributed by atoms with Crippen molar-refractivity contribution in [1.29, 1.82) is 0 Å². The quantitative estimate of drug-likeness (QED) is 0.164. The van der Waals surface area contributed by atoms with Crippen LogP contribution in [0.2, 0.25) is 20.1 Å². The number of anilines is 2. The van der Waals surface area contributed by atoms with Gasteiger partial charge in [-0.05, 0) is 24.3 Å². The number of phenols is 2. The van der Waals surface area contributed by atoms with Crippen LogP contribution < -0.4 is 10.9 Å². The molecule has 1 aromatic heterocycles. The number of nitrogens with one attached hydrogen (secondary N) is 2. The second kappa shape index (κ2) is 10.3. The number of phenolic OH excluding ortho intramolecular Hbond substituents is 2. The predicted molar refractivity (Wildman–Crippen MR) is 138 cm³/mol. The Bertz CT molecular complexity index is 1340. The minimum atomic E-state index is -0.142. The number of fused-ring (bicyclic) bond motifs is 1. The fourth-order valence-corrected chi connectivity index (χ4v) is 3.98. The van der Waals surface area contributed by atoms with Crippen molar-refractivity contribution in [3.05, 3.63) is 79.7 Å². The minimum absolute atomic E-state index is 0.114. The Morgan fingerprint density at radius 2 is 1.09 bits per heavy atom. The molecule has 1 heterocycles. The number of hydrogen-bond acceptors (Lipinski definition) is 8. The third kappa shape index (κ3) is 5.26. The van der Waals surface area contributed by atoms with Gasteiger partial charge in [0.25, 0.3) is 0 Å². The summed E-state index contributed by atoms with van der Waals surface area (Å²) in [4.78, 5) is 0. The number of aromatic nitrogens is 2. The smallest absolute Gasteiger partial charge is 0.176 e. The molecule has 0 bridgehead atoms. The fraction of sp³-hybridized carbons (Fsp3) is 0. The van der Waals surface area contributed by atoms with E-state index in [9.17, 15) is 10.2 Å². The molecule has 0 saturated carbocycles. The summed E-state index contributed by atoms with van der Waals surface area (Å²) in [7, 11) is 0. The SMILES string of the molecule is Oc1c(Cl)cc(Cl)cc1/C=N\Nc1nnc(N/N=C/c2cc(Cl)cc(Cl)c2O)c2ccccc12. The lowest BCUT2D eigenvalue weighted by Crippen LogP contribution is -2.01. The van der Waals surface area contributed by atoms with E-state index >= 15 is 0 Å². The van der Waals surface area contributed by atoms with E-state index in [1.807, 2.05) is 24.3 Å². The summed E-state index contributed by atoms with van der Waals surface area (Å²) in [5, 5.41) is 39.0. The molecule has 4 aromatic rings. The van der Waals surface area contributed by atoms with Crippen molar-refractivity contribution in [3.8, 4) is 11.5 Å². The van der Waals surface area contributed by atoms with Crippen molar-refractivity contribution in [2.45, 2.75) is 0 Å². The van der Waals surface area contributed by atoms with E-state index in [1.54, 1.807) is 0 Å². The largest absolute Gasteiger partial charge is 0.506 e. The van der Waals surface area contributed by atoms with Crippen LogP contribution in [0.25, 0.3) is 10.8 Å². The van der Waals surface area contributed by atoms with Crippen LogP contribution in [-0.4, -0.2) is 32.8 Å². The van der Waals surface area contributed by atoms with Gasteiger partial charge >= 0.3 is 0 Å². The maximum atomic E-state index is 10.1. The van der Waals surface area contributed by atoms with Crippen LogP contribution in [0.1, 0.15) is 11.1 Å². The van der Waals surface area contributed by atoms with E-state index in [-0.39, 0.29) is 21.5 Å². The van der Waals surface area contributed by atoms with Gasteiger partial charge in [-0.2, -0.15) is 10.2 Å². The highest BCUT2D eigenvalue weighted by Crippen LogP contribution is 2.31. The summed E-state index contributed by atoms with van der Waals surface area (Å²) in [6, 6.07) is 13.2. The van der Waals surface area contributed by atoms with Crippen LogP contribution in [0, 0.1) is 0 Å². The molecular weight excluding hydrogens is 522 g/mol. The Labute approximate surface area is 213 Å². The second-order valence-corrected chi connectivity index (χ2v) is 8.52. The van der Waals surface area contributed by atoms with Crippen molar-refractivity contribution in [2.75, 3.05) is 10.9 Å². The van der Waals surface area contributed by atoms with Gasteiger partial charge in [0, 0.05) is 31.9 Å². The first-order valence-electron chi connectivity index (χ1n) is 9.53. The molecule has 172 valence electrons. The molecule has 4 rings (SSSR count). The third-order valence-electron chi connectivity index (χ3n) is 4.55. The molecule has 0 fully saturated rings.